The predicted octanol–water partition coefficient (Wildman–Crippen LogP) is 5.64. The molecule has 1 heterocycles. The van der Waals surface area contributed by atoms with Crippen molar-refractivity contribution in [3.63, 3.8) is 0 Å². The third-order valence-electron chi connectivity index (χ3n) is 4.87. The average Bonchev–Trinajstić information content (AvgIpc) is 3.09. The number of rotatable bonds is 8. The monoisotopic (exact) mass is 493 g/mol. The number of nitrogens with zero attached hydrogens (tertiary/aromatic N) is 3. The highest BCUT2D eigenvalue weighted by Gasteiger charge is 2.21. The van der Waals surface area contributed by atoms with E-state index < -0.39 is 0 Å². The van der Waals surface area contributed by atoms with Crippen molar-refractivity contribution < 1.29 is 14.7 Å². The van der Waals surface area contributed by atoms with Crippen molar-refractivity contribution in [2.45, 2.75) is 42.8 Å². The van der Waals surface area contributed by atoms with Crippen LogP contribution in [-0.2, 0) is 18.0 Å². The molecule has 0 unspecified atom stereocenters. The Labute approximate surface area is 202 Å². The first-order chi connectivity index (χ1) is 15.2. The van der Waals surface area contributed by atoms with Gasteiger partial charge in [-0.15, -0.1) is 0 Å². The molecule has 0 atom stereocenters. The highest BCUT2D eigenvalue weighted by atomic mass is 35.5. The lowest BCUT2D eigenvalue weighted by molar-refractivity contribution is -0.0756. The van der Waals surface area contributed by atoms with Gasteiger partial charge in [0.2, 0.25) is 0 Å². The van der Waals surface area contributed by atoms with Crippen LogP contribution in [0.25, 0.3) is 0 Å². The molecule has 0 saturated heterocycles. The minimum absolute atomic E-state index is 0.156. The molecule has 0 bridgehead atoms. The van der Waals surface area contributed by atoms with E-state index in [0.29, 0.717) is 28.0 Å². The van der Waals surface area contributed by atoms with E-state index in [0.717, 1.165) is 21.2 Å². The molecular weight excluding hydrogens is 469 g/mol. The summed E-state index contributed by atoms with van der Waals surface area (Å²) in [6.07, 6.45) is 0. The van der Waals surface area contributed by atoms with Crippen molar-refractivity contribution in [3.05, 3.63) is 75.2 Å². The second-order valence-corrected chi connectivity index (χ2v) is 9.44. The fraction of sp³-hybridized carbons (Fsp3) is 0.304. The lowest BCUT2D eigenvalue weighted by atomic mass is 10.1. The molecule has 170 valence electrons. The van der Waals surface area contributed by atoms with Crippen LogP contribution in [0.4, 0.5) is 0 Å². The van der Waals surface area contributed by atoms with Gasteiger partial charge >= 0.3 is 0 Å². The Kier molecular flexibility index (Phi) is 8.25. The maximum atomic E-state index is 12.3. The first-order valence-corrected chi connectivity index (χ1v) is 11.6. The van der Waals surface area contributed by atoms with Gasteiger partial charge in [-0.25, -0.2) is 10.0 Å². The number of aliphatic hydroxyl groups is 1. The molecule has 3 aromatic rings. The van der Waals surface area contributed by atoms with Gasteiger partial charge < -0.3 is 9.67 Å². The lowest BCUT2D eigenvalue weighted by Gasteiger charge is -2.15. The molecule has 0 aliphatic carbocycles. The molecule has 0 aliphatic heterocycles. The highest BCUT2D eigenvalue weighted by molar-refractivity contribution is 7.99. The first-order valence-electron chi connectivity index (χ1n) is 9.98. The molecule has 1 N–H and O–H groups in total. The Morgan fingerprint density at radius 3 is 2.34 bits per heavy atom. The fourth-order valence-electron chi connectivity index (χ4n) is 3.17. The van der Waals surface area contributed by atoms with E-state index in [-0.39, 0.29) is 18.4 Å². The van der Waals surface area contributed by atoms with E-state index in [1.807, 2.05) is 28.8 Å². The largest absolute Gasteiger partial charge is 0.388 e. The molecular formula is C23H25Cl2N3O3S. The molecule has 1 aromatic heterocycles. The Bertz CT molecular complexity index is 1080. The third kappa shape index (κ3) is 5.66. The number of carbonyl (C=O) groups is 1. The number of imidazole rings is 1. The SMILES string of the molecule is CON(C)C(=O)c1ccc(Cn2c(CO)nc(C(C)C)c2Sc2cc(Cl)cc(Cl)c2)cc1. The zero-order chi connectivity index (χ0) is 23.4. The minimum atomic E-state index is -0.228. The maximum Gasteiger partial charge on any atom is 0.277 e. The third-order valence-corrected chi connectivity index (χ3v) is 6.40. The fourth-order valence-corrected chi connectivity index (χ4v) is 5.09. The van der Waals surface area contributed by atoms with E-state index >= 15 is 0 Å². The van der Waals surface area contributed by atoms with Crippen molar-refractivity contribution in [3.8, 4) is 0 Å². The smallest absolute Gasteiger partial charge is 0.277 e. The van der Waals surface area contributed by atoms with Gasteiger partial charge in [0.1, 0.15) is 17.5 Å². The summed E-state index contributed by atoms with van der Waals surface area (Å²) in [5, 5.41) is 13.2. The van der Waals surface area contributed by atoms with Crippen LogP contribution in [0, 0.1) is 0 Å². The quantitative estimate of drug-likeness (QED) is 0.411. The van der Waals surface area contributed by atoms with Crippen molar-refractivity contribution in [2.24, 2.45) is 0 Å². The summed E-state index contributed by atoms with van der Waals surface area (Å²) >= 11 is 13.9. The summed E-state index contributed by atoms with van der Waals surface area (Å²) in [6.45, 7) is 4.43. The second kappa shape index (κ2) is 10.7. The van der Waals surface area contributed by atoms with Crippen LogP contribution in [0.1, 0.15) is 47.2 Å². The van der Waals surface area contributed by atoms with Crippen LogP contribution in [0.2, 0.25) is 10.0 Å². The van der Waals surface area contributed by atoms with E-state index in [1.54, 1.807) is 25.2 Å². The summed E-state index contributed by atoms with van der Waals surface area (Å²) in [6, 6.07) is 12.7. The van der Waals surface area contributed by atoms with E-state index in [4.69, 9.17) is 33.0 Å². The molecule has 0 radical (unpaired) electrons. The minimum Gasteiger partial charge on any atom is -0.388 e. The molecule has 32 heavy (non-hydrogen) atoms. The molecule has 0 spiro atoms. The van der Waals surface area contributed by atoms with Crippen molar-refractivity contribution >= 4 is 40.9 Å². The van der Waals surface area contributed by atoms with Gasteiger partial charge in [0.25, 0.3) is 5.91 Å². The standard InChI is InChI=1S/C23H25Cl2N3O3S/c1-14(2)21-23(32-19-10-17(24)9-18(25)11-19)28(20(13-29)26-21)12-15-5-7-16(8-6-15)22(30)27(3)31-4/h5-11,14,29H,12-13H2,1-4H3. The number of aromatic nitrogens is 2. The average molecular weight is 494 g/mol. The summed E-state index contributed by atoms with van der Waals surface area (Å²) in [7, 11) is 3.01. The molecule has 3 rings (SSSR count). The van der Waals surface area contributed by atoms with Crippen LogP contribution < -0.4 is 0 Å². The molecule has 0 aliphatic rings. The lowest BCUT2D eigenvalue weighted by Crippen LogP contribution is -2.25. The zero-order valence-electron chi connectivity index (χ0n) is 18.3. The molecule has 6 nitrogen and oxygen atoms in total. The number of hydrogen-bond acceptors (Lipinski definition) is 5. The van der Waals surface area contributed by atoms with Gasteiger partial charge in [0, 0.05) is 34.1 Å². The summed E-state index contributed by atoms with van der Waals surface area (Å²) in [5.74, 6) is 0.501. The van der Waals surface area contributed by atoms with E-state index in [9.17, 15) is 9.90 Å². The Morgan fingerprint density at radius 2 is 1.81 bits per heavy atom. The van der Waals surface area contributed by atoms with Gasteiger partial charge in [-0.1, -0.05) is 60.9 Å². The normalized spacial score (nSPS) is 11.2. The van der Waals surface area contributed by atoms with Crippen molar-refractivity contribution in [1.82, 2.24) is 14.6 Å². The summed E-state index contributed by atoms with van der Waals surface area (Å²) < 4.78 is 1.99. The number of hydrogen-bond donors (Lipinski definition) is 1. The van der Waals surface area contributed by atoms with Gasteiger partial charge in [-0.3, -0.25) is 9.63 Å². The van der Waals surface area contributed by atoms with Crippen LogP contribution in [0.3, 0.4) is 0 Å². The van der Waals surface area contributed by atoms with E-state index in [1.165, 1.54) is 23.9 Å². The maximum absolute atomic E-state index is 12.3. The van der Waals surface area contributed by atoms with Crippen LogP contribution >= 0.6 is 35.0 Å². The van der Waals surface area contributed by atoms with E-state index in [2.05, 4.69) is 13.8 Å². The van der Waals surface area contributed by atoms with Crippen molar-refractivity contribution in [2.75, 3.05) is 14.2 Å². The second-order valence-electron chi connectivity index (χ2n) is 7.51. The number of hydroxylamine groups is 2. The van der Waals surface area contributed by atoms with Crippen LogP contribution in [0.5, 0.6) is 0 Å². The molecule has 9 heteroatoms. The Balaban J connectivity index is 1.97. The van der Waals surface area contributed by atoms with Gasteiger partial charge in [-0.2, -0.15) is 0 Å². The van der Waals surface area contributed by atoms with Crippen LogP contribution in [0.15, 0.2) is 52.4 Å². The number of halogens is 2. The molecule has 0 fully saturated rings. The van der Waals surface area contributed by atoms with Crippen LogP contribution in [-0.4, -0.2) is 39.8 Å². The number of amides is 1. The predicted molar refractivity (Wildman–Crippen MR) is 127 cm³/mol. The van der Waals surface area contributed by atoms with Gasteiger partial charge in [-0.05, 0) is 41.8 Å². The Hall–Kier alpha value is -2.03. The highest BCUT2D eigenvalue weighted by Crippen LogP contribution is 2.37. The van der Waals surface area contributed by atoms with Gasteiger partial charge in [0.15, 0.2) is 0 Å². The number of aliphatic hydroxyl groups excluding tert-OH is 1. The molecule has 2 aromatic carbocycles. The summed E-state index contributed by atoms with van der Waals surface area (Å²) in [5.41, 5.74) is 2.39. The summed E-state index contributed by atoms with van der Waals surface area (Å²) in [4.78, 5) is 22.8. The topological polar surface area (TPSA) is 67.6 Å². The number of carbonyl (C=O) groups excluding carboxylic acids is 1. The molecule has 0 saturated carbocycles. The van der Waals surface area contributed by atoms with Crippen molar-refractivity contribution in [1.29, 1.82) is 0 Å². The number of benzene rings is 2. The Morgan fingerprint density at radius 1 is 1.19 bits per heavy atom. The first kappa shape index (κ1) is 24.6. The van der Waals surface area contributed by atoms with Gasteiger partial charge in [0.05, 0.1) is 12.8 Å². The molecule has 1 amide bonds. The zero-order valence-corrected chi connectivity index (χ0v) is 20.6.